The van der Waals surface area contributed by atoms with Crippen molar-refractivity contribution in [3.63, 3.8) is 0 Å². The first-order chi connectivity index (χ1) is 14.0. The molecule has 0 radical (unpaired) electrons. The molecule has 0 aromatic rings. The number of rotatable bonds is 21. The smallest absolute Gasteiger partial charge is 0.0934 e. The molecule has 0 heterocycles. The fourth-order valence-electron chi connectivity index (χ4n) is 3.51. The molecule has 4 atom stereocenters. The molecule has 0 saturated heterocycles. The molecule has 0 N–H and O–H groups in total. The van der Waals surface area contributed by atoms with Gasteiger partial charge in [-0.2, -0.15) is 0 Å². The second-order valence-corrected chi connectivity index (χ2v) is 9.23. The Labute approximate surface area is 183 Å². The summed E-state index contributed by atoms with van der Waals surface area (Å²) in [6.45, 7) is 16.1. The van der Waals surface area contributed by atoms with Gasteiger partial charge in [-0.25, -0.2) is 0 Å². The zero-order valence-corrected chi connectivity index (χ0v) is 20.9. The van der Waals surface area contributed by atoms with E-state index in [0.29, 0.717) is 24.4 Å². The van der Waals surface area contributed by atoms with Crippen molar-refractivity contribution < 1.29 is 14.2 Å². The third-order valence-corrected chi connectivity index (χ3v) is 5.69. The van der Waals surface area contributed by atoms with Crippen LogP contribution in [-0.4, -0.2) is 64.7 Å². The first-order valence-corrected chi connectivity index (χ1v) is 12.4. The van der Waals surface area contributed by atoms with Crippen LogP contribution >= 0.6 is 0 Å². The zero-order valence-electron chi connectivity index (χ0n) is 20.9. The van der Waals surface area contributed by atoms with Crippen molar-refractivity contribution in [2.75, 3.05) is 53.7 Å². The van der Waals surface area contributed by atoms with Gasteiger partial charge in [-0.15, -0.1) is 0 Å². The maximum atomic E-state index is 6.21. The van der Waals surface area contributed by atoms with E-state index in [2.05, 4.69) is 53.6 Å². The van der Waals surface area contributed by atoms with E-state index in [0.717, 1.165) is 33.0 Å². The van der Waals surface area contributed by atoms with Crippen LogP contribution in [0.2, 0.25) is 0 Å². The minimum Gasteiger partial charge on any atom is -0.381 e. The van der Waals surface area contributed by atoms with Gasteiger partial charge in [-0.05, 0) is 38.8 Å². The lowest BCUT2D eigenvalue weighted by Gasteiger charge is -2.25. The molecular formula is C25H53NO3. The van der Waals surface area contributed by atoms with Crippen molar-refractivity contribution in [2.45, 2.75) is 92.1 Å². The molecule has 0 rings (SSSR count). The summed E-state index contributed by atoms with van der Waals surface area (Å²) in [5.74, 6) is 1.80. The minimum absolute atomic E-state index is 0.129. The average Bonchev–Trinajstić information content (AvgIpc) is 2.70. The minimum atomic E-state index is 0.129. The molecule has 0 aliphatic heterocycles. The molecule has 4 nitrogen and oxygen atoms in total. The number of likely N-dealkylation sites (N-methyl/N-ethyl adjacent to an activating group) is 1. The van der Waals surface area contributed by atoms with E-state index in [-0.39, 0.29) is 6.10 Å². The van der Waals surface area contributed by atoms with Crippen LogP contribution < -0.4 is 0 Å². The van der Waals surface area contributed by atoms with Crippen molar-refractivity contribution in [1.82, 2.24) is 4.90 Å². The first kappa shape index (κ1) is 28.8. The lowest BCUT2D eigenvalue weighted by atomic mass is 10.0. The van der Waals surface area contributed by atoms with E-state index in [1.807, 2.05) is 0 Å². The van der Waals surface area contributed by atoms with Crippen LogP contribution in [0.25, 0.3) is 0 Å². The number of nitrogens with zero attached hydrogens (tertiary/aromatic N) is 1. The van der Waals surface area contributed by atoms with E-state index >= 15 is 0 Å². The van der Waals surface area contributed by atoms with Crippen LogP contribution in [0.5, 0.6) is 0 Å². The first-order valence-electron chi connectivity index (χ1n) is 12.4. The van der Waals surface area contributed by atoms with Gasteiger partial charge in [-0.1, -0.05) is 73.1 Å². The standard InChI is InChI=1S/C25H53NO3/c1-8-12-14-23(10-3)19-27-17-22(5)18-29-25(16-26(6)7)21-28-20-24(11-4)15-13-9-2/h22-25H,8-21H2,1-7H3/t22-,23-,24+,25-/m0/s1. The van der Waals surface area contributed by atoms with Gasteiger partial charge in [0.15, 0.2) is 0 Å². The predicted octanol–water partition coefficient (Wildman–Crippen LogP) is 6.04. The zero-order chi connectivity index (χ0) is 21.9. The molecule has 176 valence electrons. The van der Waals surface area contributed by atoms with Crippen molar-refractivity contribution in [3.05, 3.63) is 0 Å². The Kier molecular flexibility index (Phi) is 19.7. The molecule has 0 amide bonds. The summed E-state index contributed by atoms with van der Waals surface area (Å²) in [6.07, 6.45) is 10.2. The summed E-state index contributed by atoms with van der Waals surface area (Å²) in [5, 5.41) is 0. The number of hydrogen-bond donors (Lipinski definition) is 0. The van der Waals surface area contributed by atoms with Crippen molar-refractivity contribution in [3.8, 4) is 0 Å². The van der Waals surface area contributed by atoms with Gasteiger partial charge in [0, 0.05) is 25.7 Å². The van der Waals surface area contributed by atoms with Crippen LogP contribution in [0.15, 0.2) is 0 Å². The molecule has 0 spiro atoms. The number of unbranched alkanes of at least 4 members (excludes halogenated alkanes) is 2. The Morgan fingerprint density at radius 1 is 0.690 bits per heavy atom. The summed E-state index contributed by atoms with van der Waals surface area (Å²) in [4.78, 5) is 2.18. The highest BCUT2D eigenvalue weighted by Crippen LogP contribution is 2.15. The van der Waals surface area contributed by atoms with E-state index in [1.54, 1.807) is 0 Å². The van der Waals surface area contributed by atoms with Gasteiger partial charge >= 0.3 is 0 Å². The lowest BCUT2D eigenvalue weighted by Crippen LogP contribution is -2.34. The van der Waals surface area contributed by atoms with Gasteiger partial charge < -0.3 is 19.1 Å². The summed E-state index contributed by atoms with van der Waals surface area (Å²) in [5.41, 5.74) is 0. The molecule has 0 aliphatic carbocycles. The van der Waals surface area contributed by atoms with Crippen molar-refractivity contribution in [2.24, 2.45) is 17.8 Å². The predicted molar refractivity (Wildman–Crippen MR) is 126 cm³/mol. The van der Waals surface area contributed by atoms with Crippen molar-refractivity contribution in [1.29, 1.82) is 0 Å². The van der Waals surface area contributed by atoms with E-state index in [4.69, 9.17) is 14.2 Å². The van der Waals surface area contributed by atoms with Gasteiger partial charge in [0.05, 0.1) is 25.9 Å². The average molecular weight is 416 g/mol. The number of hydrogen-bond acceptors (Lipinski definition) is 4. The van der Waals surface area contributed by atoms with Crippen LogP contribution in [0.1, 0.15) is 86.0 Å². The number of ether oxygens (including phenoxy) is 3. The fourth-order valence-corrected chi connectivity index (χ4v) is 3.51. The maximum Gasteiger partial charge on any atom is 0.0934 e. The Morgan fingerprint density at radius 3 is 1.66 bits per heavy atom. The second-order valence-electron chi connectivity index (χ2n) is 9.23. The Balaban J connectivity index is 4.16. The molecule has 0 aromatic carbocycles. The van der Waals surface area contributed by atoms with E-state index < -0.39 is 0 Å². The highest BCUT2D eigenvalue weighted by atomic mass is 16.5. The Bertz CT molecular complexity index is 338. The topological polar surface area (TPSA) is 30.9 Å². The fraction of sp³-hybridized carbons (Fsp3) is 1.00. The molecule has 29 heavy (non-hydrogen) atoms. The summed E-state index contributed by atoms with van der Waals surface area (Å²) >= 11 is 0. The van der Waals surface area contributed by atoms with E-state index in [9.17, 15) is 0 Å². The van der Waals surface area contributed by atoms with Crippen molar-refractivity contribution >= 4 is 0 Å². The Morgan fingerprint density at radius 2 is 1.21 bits per heavy atom. The maximum absolute atomic E-state index is 6.21. The molecule has 4 heteroatoms. The van der Waals surface area contributed by atoms with Crippen LogP contribution in [0.4, 0.5) is 0 Å². The third-order valence-electron chi connectivity index (χ3n) is 5.69. The lowest BCUT2D eigenvalue weighted by molar-refractivity contribution is -0.0540. The SMILES string of the molecule is CCCC[C@@H](CC)COC[C@H](CN(C)C)OC[C@@H](C)COC[C@@H](CC)CCCC. The molecule has 0 saturated carbocycles. The second kappa shape index (κ2) is 19.8. The van der Waals surface area contributed by atoms with Crippen LogP contribution in [-0.2, 0) is 14.2 Å². The molecule has 0 aliphatic rings. The van der Waals surface area contributed by atoms with Gasteiger partial charge in [0.2, 0.25) is 0 Å². The highest BCUT2D eigenvalue weighted by Gasteiger charge is 2.15. The van der Waals surface area contributed by atoms with Gasteiger partial charge in [0.1, 0.15) is 0 Å². The molecule has 0 unspecified atom stereocenters. The summed E-state index contributed by atoms with van der Waals surface area (Å²) in [7, 11) is 4.19. The third kappa shape index (κ3) is 17.2. The molecule has 0 bridgehead atoms. The van der Waals surface area contributed by atoms with Gasteiger partial charge in [0.25, 0.3) is 0 Å². The van der Waals surface area contributed by atoms with Crippen LogP contribution in [0.3, 0.4) is 0 Å². The van der Waals surface area contributed by atoms with Crippen LogP contribution in [0, 0.1) is 17.8 Å². The molecule has 0 fully saturated rings. The monoisotopic (exact) mass is 415 g/mol. The quantitative estimate of drug-likeness (QED) is 0.229. The molecule has 0 aromatic heterocycles. The Hall–Kier alpha value is -0.160. The summed E-state index contributed by atoms with van der Waals surface area (Å²) < 4.78 is 18.3. The molecular weight excluding hydrogens is 362 g/mol. The van der Waals surface area contributed by atoms with E-state index in [1.165, 1.54) is 51.4 Å². The van der Waals surface area contributed by atoms with Gasteiger partial charge in [-0.3, -0.25) is 0 Å². The highest BCUT2D eigenvalue weighted by molar-refractivity contribution is 4.64. The summed E-state index contributed by atoms with van der Waals surface area (Å²) in [6, 6.07) is 0. The normalized spacial score (nSPS) is 16.1. The largest absolute Gasteiger partial charge is 0.381 e.